The standard InChI is InChI=1S/C6H6BrClN2O.C6H7BrN2O2/c7-5-3-9-6(11)10(4-5)2-1-8;7-5-3-8-6(11)9(4-5)1-2-10/h3-4H,1-2H2;3-4,10H,1-2H2. The summed E-state index contributed by atoms with van der Waals surface area (Å²) in [6.45, 7) is 0.718. The van der Waals surface area contributed by atoms with Gasteiger partial charge in [-0.25, -0.2) is 19.6 Å². The predicted octanol–water partition coefficient (Wildman–Crippen LogP) is 1.24. The fraction of sp³-hybridized carbons (Fsp3) is 0.333. The van der Waals surface area contributed by atoms with E-state index in [1.807, 2.05) is 0 Å². The number of aromatic nitrogens is 4. The molecule has 120 valence electrons. The van der Waals surface area contributed by atoms with E-state index in [0.29, 0.717) is 12.4 Å². The normalized spacial score (nSPS) is 10.0. The highest BCUT2D eigenvalue weighted by molar-refractivity contribution is 9.10. The molecule has 2 aromatic rings. The zero-order valence-corrected chi connectivity index (χ0v) is 15.3. The van der Waals surface area contributed by atoms with E-state index >= 15 is 0 Å². The van der Waals surface area contributed by atoms with Gasteiger partial charge in [-0.2, -0.15) is 0 Å². The second-order valence-electron chi connectivity index (χ2n) is 3.91. The highest BCUT2D eigenvalue weighted by Crippen LogP contribution is 2.03. The summed E-state index contributed by atoms with van der Waals surface area (Å²) < 4.78 is 4.30. The monoisotopic (exact) mass is 454 g/mol. The van der Waals surface area contributed by atoms with Crippen LogP contribution in [0.25, 0.3) is 0 Å². The number of rotatable bonds is 4. The fourth-order valence-corrected chi connectivity index (χ4v) is 2.26. The molecule has 0 spiro atoms. The van der Waals surface area contributed by atoms with E-state index in [1.54, 1.807) is 12.4 Å². The van der Waals surface area contributed by atoms with Gasteiger partial charge in [-0.15, -0.1) is 11.6 Å². The Labute approximate surface area is 147 Å². The molecule has 22 heavy (non-hydrogen) atoms. The minimum absolute atomic E-state index is 0.0575. The van der Waals surface area contributed by atoms with Gasteiger partial charge in [0.25, 0.3) is 0 Å². The summed E-state index contributed by atoms with van der Waals surface area (Å²) in [6.07, 6.45) is 6.15. The smallest absolute Gasteiger partial charge is 0.347 e. The summed E-state index contributed by atoms with van der Waals surface area (Å²) in [4.78, 5) is 29.0. The first-order valence-electron chi connectivity index (χ1n) is 6.08. The minimum Gasteiger partial charge on any atom is -0.395 e. The Balaban J connectivity index is 0.000000220. The topological polar surface area (TPSA) is 90.0 Å². The number of nitrogens with zero attached hydrogens (tertiary/aromatic N) is 4. The van der Waals surface area contributed by atoms with Crippen molar-refractivity contribution in [3.8, 4) is 0 Å². The predicted molar refractivity (Wildman–Crippen MR) is 90.2 cm³/mol. The Morgan fingerprint density at radius 1 is 1.00 bits per heavy atom. The molecule has 0 saturated carbocycles. The molecule has 0 aromatic carbocycles. The van der Waals surface area contributed by atoms with Gasteiger partial charge in [0.15, 0.2) is 0 Å². The summed E-state index contributed by atoms with van der Waals surface area (Å²) in [7, 11) is 0. The van der Waals surface area contributed by atoms with Crippen molar-refractivity contribution in [2.75, 3.05) is 12.5 Å². The van der Waals surface area contributed by atoms with Crippen molar-refractivity contribution in [1.82, 2.24) is 19.1 Å². The van der Waals surface area contributed by atoms with Crippen LogP contribution in [0.3, 0.4) is 0 Å². The molecule has 2 rings (SSSR count). The van der Waals surface area contributed by atoms with Crippen molar-refractivity contribution < 1.29 is 5.11 Å². The SMILES string of the molecule is O=c1ncc(Br)cn1CCCl.O=c1ncc(Br)cn1CCO. The molecule has 0 unspecified atom stereocenters. The van der Waals surface area contributed by atoms with E-state index < -0.39 is 0 Å². The summed E-state index contributed by atoms with van der Waals surface area (Å²) in [5.74, 6) is 0.415. The lowest BCUT2D eigenvalue weighted by Gasteiger charge is -2.00. The van der Waals surface area contributed by atoms with Crippen molar-refractivity contribution in [2.45, 2.75) is 13.1 Å². The van der Waals surface area contributed by atoms with E-state index in [1.165, 1.54) is 21.5 Å². The summed E-state index contributed by atoms with van der Waals surface area (Å²) in [5, 5.41) is 8.53. The maximum absolute atomic E-state index is 10.9. The number of aliphatic hydroxyl groups excluding tert-OH is 1. The molecule has 0 bridgehead atoms. The van der Waals surface area contributed by atoms with Gasteiger partial charge in [-0.05, 0) is 31.9 Å². The zero-order chi connectivity index (χ0) is 16.5. The fourth-order valence-electron chi connectivity index (χ4n) is 1.38. The maximum atomic E-state index is 10.9. The second-order valence-corrected chi connectivity index (χ2v) is 6.12. The van der Waals surface area contributed by atoms with Crippen LogP contribution >= 0.6 is 43.5 Å². The third-order valence-electron chi connectivity index (χ3n) is 2.31. The van der Waals surface area contributed by atoms with Crippen LogP contribution in [0.1, 0.15) is 0 Å². The van der Waals surface area contributed by atoms with Crippen molar-refractivity contribution >= 4 is 43.5 Å². The van der Waals surface area contributed by atoms with Gasteiger partial charge in [0.1, 0.15) is 0 Å². The van der Waals surface area contributed by atoms with Gasteiger partial charge in [0.2, 0.25) is 0 Å². The number of alkyl halides is 1. The number of halogens is 3. The van der Waals surface area contributed by atoms with Gasteiger partial charge in [-0.1, -0.05) is 0 Å². The molecule has 0 atom stereocenters. The molecule has 0 saturated heterocycles. The average Bonchev–Trinajstić information content (AvgIpc) is 2.48. The number of aryl methyl sites for hydroxylation is 1. The summed E-state index contributed by atoms with van der Waals surface area (Å²) in [5.41, 5.74) is -0.615. The molecule has 1 N–H and O–H groups in total. The number of aliphatic hydroxyl groups is 1. The Morgan fingerprint density at radius 3 is 1.86 bits per heavy atom. The van der Waals surface area contributed by atoms with E-state index in [-0.39, 0.29) is 24.5 Å². The van der Waals surface area contributed by atoms with Crippen LogP contribution in [-0.4, -0.2) is 36.7 Å². The minimum atomic E-state index is -0.345. The quantitative estimate of drug-likeness (QED) is 0.700. The lowest BCUT2D eigenvalue weighted by Crippen LogP contribution is -2.23. The Kier molecular flexibility index (Phi) is 8.54. The molecule has 0 amide bonds. The van der Waals surface area contributed by atoms with Crippen molar-refractivity contribution in [3.05, 3.63) is 54.7 Å². The van der Waals surface area contributed by atoms with Crippen LogP contribution in [0.5, 0.6) is 0 Å². The van der Waals surface area contributed by atoms with E-state index in [4.69, 9.17) is 16.7 Å². The lowest BCUT2D eigenvalue weighted by atomic mass is 10.6. The highest BCUT2D eigenvalue weighted by atomic mass is 79.9. The zero-order valence-electron chi connectivity index (χ0n) is 11.3. The van der Waals surface area contributed by atoms with Crippen LogP contribution in [0.15, 0.2) is 43.3 Å². The third-order valence-corrected chi connectivity index (χ3v) is 3.30. The summed E-state index contributed by atoms with van der Waals surface area (Å²) >= 11 is 11.8. The second kappa shape index (κ2) is 9.88. The molecule has 0 aliphatic rings. The maximum Gasteiger partial charge on any atom is 0.347 e. The molecule has 0 aliphatic heterocycles. The van der Waals surface area contributed by atoms with Gasteiger partial charge in [-0.3, -0.25) is 9.13 Å². The van der Waals surface area contributed by atoms with Gasteiger partial charge >= 0.3 is 11.4 Å². The van der Waals surface area contributed by atoms with Crippen LogP contribution in [-0.2, 0) is 13.1 Å². The van der Waals surface area contributed by atoms with Crippen LogP contribution in [0.4, 0.5) is 0 Å². The number of hydrogen-bond donors (Lipinski definition) is 1. The number of hydrogen-bond acceptors (Lipinski definition) is 5. The lowest BCUT2D eigenvalue weighted by molar-refractivity contribution is 0.273. The highest BCUT2D eigenvalue weighted by Gasteiger charge is 1.96. The third kappa shape index (κ3) is 6.39. The van der Waals surface area contributed by atoms with Crippen LogP contribution in [0.2, 0.25) is 0 Å². The average molecular weight is 457 g/mol. The van der Waals surface area contributed by atoms with Gasteiger partial charge in [0.05, 0.1) is 22.1 Å². The van der Waals surface area contributed by atoms with Gasteiger partial charge < -0.3 is 5.11 Å². The van der Waals surface area contributed by atoms with E-state index in [0.717, 1.165) is 8.95 Å². The first kappa shape index (κ1) is 19.0. The molecular weight excluding hydrogens is 443 g/mol. The molecule has 7 nitrogen and oxygen atoms in total. The van der Waals surface area contributed by atoms with Crippen molar-refractivity contribution in [2.24, 2.45) is 0 Å². The van der Waals surface area contributed by atoms with Gasteiger partial charge in [0, 0.05) is 37.2 Å². The molecule has 0 aliphatic carbocycles. The summed E-state index contributed by atoms with van der Waals surface area (Å²) in [6, 6.07) is 0. The molecule has 0 fully saturated rings. The van der Waals surface area contributed by atoms with Crippen molar-refractivity contribution in [1.29, 1.82) is 0 Å². The molecule has 2 heterocycles. The van der Waals surface area contributed by atoms with E-state index in [2.05, 4.69) is 41.8 Å². The molecule has 2 aromatic heterocycles. The largest absolute Gasteiger partial charge is 0.395 e. The first-order valence-corrected chi connectivity index (χ1v) is 8.20. The van der Waals surface area contributed by atoms with Crippen molar-refractivity contribution in [3.63, 3.8) is 0 Å². The first-order chi connectivity index (χ1) is 10.5. The molecule has 10 heteroatoms. The molecule has 0 radical (unpaired) electrons. The van der Waals surface area contributed by atoms with Crippen LogP contribution in [0, 0.1) is 0 Å². The Hall–Kier alpha value is -1.03. The molecular formula is C12H13Br2ClN4O3. The Morgan fingerprint density at radius 2 is 1.45 bits per heavy atom. The van der Waals surface area contributed by atoms with E-state index in [9.17, 15) is 9.59 Å². The Bertz CT molecular complexity index is 659. The van der Waals surface area contributed by atoms with Crippen LogP contribution < -0.4 is 11.4 Å².